The molecule has 268 valence electrons. The molecule has 10 aromatic rings. The average molecular weight is 735 g/mol. The van der Waals surface area contributed by atoms with Crippen molar-refractivity contribution in [1.29, 1.82) is 0 Å². The highest BCUT2D eigenvalue weighted by Gasteiger charge is 2.18. The van der Waals surface area contributed by atoms with E-state index in [1.807, 2.05) is 121 Å². The highest BCUT2D eigenvalue weighted by molar-refractivity contribution is 5.83. The van der Waals surface area contributed by atoms with E-state index in [0.29, 0.717) is 28.9 Å². The van der Waals surface area contributed by atoms with Crippen molar-refractivity contribution in [3.63, 3.8) is 0 Å². The van der Waals surface area contributed by atoms with E-state index in [1.165, 1.54) is 0 Å². The number of hydrogen-bond acceptors (Lipinski definition) is 9. The lowest BCUT2D eigenvalue weighted by atomic mass is 9.99. The minimum absolute atomic E-state index is 0.472. The van der Waals surface area contributed by atoms with Crippen LogP contribution in [0.3, 0.4) is 0 Å². The molecule has 6 heterocycles. The van der Waals surface area contributed by atoms with Gasteiger partial charge in [0.15, 0.2) is 23.1 Å². The zero-order valence-corrected chi connectivity index (χ0v) is 30.3. The minimum atomic E-state index is 0.472. The molecule has 6 aromatic heterocycles. The van der Waals surface area contributed by atoms with Crippen LogP contribution in [-0.4, -0.2) is 39.9 Å². The second-order valence-corrected chi connectivity index (χ2v) is 13.3. The van der Waals surface area contributed by atoms with Gasteiger partial charge in [-0.2, -0.15) is 0 Å². The van der Waals surface area contributed by atoms with E-state index >= 15 is 0 Å². The molecule has 4 aromatic carbocycles. The number of pyridine rings is 4. The fourth-order valence-corrected chi connectivity index (χ4v) is 6.77. The molecule has 9 heteroatoms. The van der Waals surface area contributed by atoms with Crippen LogP contribution >= 0.6 is 0 Å². The highest BCUT2D eigenvalue weighted by Crippen LogP contribution is 2.35. The highest BCUT2D eigenvalue weighted by atomic mass is 16.3. The summed E-state index contributed by atoms with van der Waals surface area (Å²) in [5.41, 5.74) is 11.5. The summed E-state index contributed by atoms with van der Waals surface area (Å²) in [6.07, 6.45) is 7.16. The SMILES string of the molecule is c1ccc(-c2nc3ccc(-c4nc(-c5cc(-c6ccccn6)cc(-c6ccccn6)c5)nc(-c5cc(-c6ccccn6)cc(-c6ccccn6)c5)n4)cc3o2)cc1. The van der Waals surface area contributed by atoms with Crippen LogP contribution < -0.4 is 0 Å². The number of fused-ring (bicyclic) bond motifs is 1. The normalized spacial score (nSPS) is 11.2. The number of oxazole rings is 1. The van der Waals surface area contributed by atoms with E-state index in [4.69, 9.17) is 24.4 Å². The lowest BCUT2D eigenvalue weighted by Crippen LogP contribution is -2.01. The molecule has 9 nitrogen and oxygen atoms in total. The van der Waals surface area contributed by atoms with Gasteiger partial charge in [-0.1, -0.05) is 42.5 Å². The molecule has 0 fully saturated rings. The van der Waals surface area contributed by atoms with E-state index in [1.54, 1.807) is 24.8 Å². The summed E-state index contributed by atoms with van der Waals surface area (Å²) in [5.74, 6) is 1.98. The van der Waals surface area contributed by atoms with Gasteiger partial charge in [0.1, 0.15) is 5.52 Å². The molecular formula is C48H30N8O. The monoisotopic (exact) mass is 734 g/mol. The van der Waals surface area contributed by atoms with Crippen LogP contribution in [-0.2, 0) is 0 Å². The summed E-state index contributed by atoms with van der Waals surface area (Å²) < 4.78 is 6.29. The van der Waals surface area contributed by atoms with Gasteiger partial charge in [0, 0.05) is 69.3 Å². The summed E-state index contributed by atoms with van der Waals surface area (Å²) in [6, 6.07) is 51.6. The third-order valence-electron chi connectivity index (χ3n) is 9.53. The molecule has 0 radical (unpaired) electrons. The van der Waals surface area contributed by atoms with Crippen LogP contribution in [0.15, 0.2) is 187 Å². The third-order valence-corrected chi connectivity index (χ3v) is 9.53. The second-order valence-electron chi connectivity index (χ2n) is 13.3. The Balaban J connectivity index is 1.20. The summed E-state index contributed by atoms with van der Waals surface area (Å²) in [6.45, 7) is 0. The molecule has 0 bridgehead atoms. The van der Waals surface area contributed by atoms with E-state index in [9.17, 15) is 0 Å². The third kappa shape index (κ3) is 6.92. The Hall–Kier alpha value is -8.04. The van der Waals surface area contributed by atoms with Gasteiger partial charge in [0.25, 0.3) is 0 Å². The average Bonchev–Trinajstić information content (AvgIpc) is 3.74. The van der Waals surface area contributed by atoms with Crippen molar-refractivity contribution in [2.24, 2.45) is 0 Å². The first kappa shape index (κ1) is 33.5. The van der Waals surface area contributed by atoms with E-state index < -0.39 is 0 Å². The summed E-state index contributed by atoms with van der Waals surface area (Å²) in [7, 11) is 0. The largest absolute Gasteiger partial charge is 0.436 e. The molecule has 0 atom stereocenters. The summed E-state index contributed by atoms with van der Waals surface area (Å²) in [5, 5.41) is 0. The van der Waals surface area contributed by atoms with E-state index in [2.05, 4.69) is 56.3 Å². The molecule has 0 N–H and O–H groups in total. The smallest absolute Gasteiger partial charge is 0.227 e. The van der Waals surface area contributed by atoms with Gasteiger partial charge in [-0.15, -0.1) is 0 Å². The summed E-state index contributed by atoms with van der Waals surface area (Å²) in [4.78, 5) is 39.0. The lowest BCUT2D eigenvalue weighted by molar-refractivity contribution is 0.620. The first-order valence-electron chi connectivity index (χ1n) is 18.4. The van der Waals surface area contributed by atoms with Crippen molar-refractivity contribution >= 4 is 11.1 Å². The van der Waals surface area contributed by atoms with Crippen LogP contribution in [0.4, 0.5) is 0 Å². The molecule has 0 aliphatic carbocycles. The zero-order chi connectivity index (χ0) is 38.0. The van der Waals surface area contributed by atoms with Crippen molar-refractivity contribution < 1.29 is 4.42 Å². The fraction of sp³-hybridized carbons (Fsp3) is 0. The molecular weight excluding hydrogens is 705 g/mol. The van der Waals surface area contributed by atoms with Crippen molar-refractivity contribution in [2.75, 3.05) is 0 Å². The molecule has 0 aliphatic rings. The fourth-order valence-electron chi connectivity index (χ4n) is 6.77. The molecule has 10 rings (SSSR count). The van der Waals surface area contributed by atoms with Crippen molar-refractivity contribution in [3.05, 3.63) is 183 Å². The second kappa shape index (κ2) is 14.7. The molecule has 0 unspecified atom stereocenters. The number of rotatable bonds is 8. The Morgan fingerprint density at radius 3 is 1.12 bits per heavy atom. The first-order valence-corrected chi connectivity index (χ1v) is 18.4. The maximum atomic E-state index is 6.29. The Morgan fingerprint density at radius 1 is 0.298 bits per heavy atom. The maximum Gasteiger partial charge on any atom is 0.227 e. The van der Waals surface area contributed by atoms with Crippen molar-refractivity contribution in [2.45, 2.75) is 0 Å². The lowest BCUT2D eigenvalue weighted by Gasteiger charge is -2.13. The zero-order valence-electron chi connectivity index (χ0n) is 30.3. The Bertz CT molecular complexity index is 2740. The number of hydrogen-bond donors (Lipinski definition) is 0. The molecule has 0 saturated heterocycles. The molecule has 57 heavy (non-hydrogen) atoms. The molecule has 0 amide bonds. The van der Waals surface area contributed by atoms with E-state index in [-0.39, 0.29) is 0 Å². The predicted octanol–water partition coefficient (Wildman–Crippen LogP) is 10.9. The maximum absolute atomic E-state index is 6.29. The van der Waals surface area contributed by atoms with Gasteiger partial charge in [0.05, 0.1) is 22.8 Å². The number of benzene rings is 4. The Kier molecular flexibility index (Phi) is 8.62. The van der Waals surface area contributed by atoms with Gasteiger partial charge in [-0.25, -0.2) is 19.9 Å². The van der Waals surface area contributed by atoms with Gasteiger partial charge in [-0.3, -0.25) is 19.9 Å². The van der Waals surface area contributed by atoms with Crippen LogP contribution in [0.1, 0.15) is 0 Å². The Morgan fingerprint density at radius 2 is 0.702 bits per heavy atom. The van der Waals surface area contributed by atoms with Gasteiger partial charge >= 0.3 is 0 Å². The van der Waals surface area contributed by atoms with Crippen LogP contribution in [0, 0.1) is 0 Å². The van der Waals surface area contributed by atoms with Crippen molar-refractivity contribution in [3.8, 4) is 90.6 Å². The molecule has 0 aliphatic heterocycles. The van der Waals surface area contributed by atoms with E-state index in [0.717, 1.165) is 72.8 Å². The quantitative estimate of drug-likeness (QED) is 0.150. The molecule has 0 spiro atoms. The first-order chi connectivity index (χ1) is 28.2. The Labute approximate surface area is 327 Å². The topological polar surface area (TPSA) is 116 Å². The minimum Gasteiger partial charge on any atom is -0.436 e. The number of nitrogens with zero attached hydrogens (tertiary/aromatic N) is 8. The van der Waals surface area contributed by atoms with Gasteiger partial charge < -0.3 is 4.42 Å². The summed E-state index contributed by atoms with van der Waals surface area (Å²) >= 11 is 0. The van der Waals surface area contributed by atoms with Crippen LogP contribution in [0.2, 0.25) is 0 Å². The van der Waals surface area contributed by atoms with Gasteiger partial charge in [-0.05, 0) is 115 Å². The van der Waals surface area contributed by atoms with Crippen LogP contribution in [0.25, 0.3) is 102 Å². The van der Waals surface area contributed by atoms with Gasteiger partial charge in [0.2, 0.25) is 5.89 Å². The molecule has 0 saturated carbocycles. The van der Waals surface area contributed by atoms with Crippen molar-refractivity contribution in [1.82, 2.24) is 39.9 Å². The van der Waals surface area contributed by atoms with Crippen LogP contribution in [0.5, 0.6) is 0 Å². The standard InChI is InChI=1S/C48H30N8O/c1-2-12-31(13-3-1)48-53-43-19-18-32(30-44(43)57-48)45-54-46(37-26-33(39-14-4-8-20-49-39)24-34(27-37)40-15-5-9-21-50-40)56-47(55-45)38-28-35(41-16-6-10-22-51-41)25-36(29-38)42-17-7-11-23-52-42/h1-30H. The number of aromatic nitrogens is 8. The predicted molar refractivity (Wildman–Crippen MR) is 222 cm³/mol.